The van der Waals surface area contributed by atoms with Crippen molar-refractivity contribution >= 4 is 0 Å². The Morgan fingerprint density at radius 1 is 0.789 bits per heavy atom. The topological polar surface area (TPSA) is 18.5 Å². The molecule has 11 heteroatoms. The average Bonchev–Trinajstić information content (AvgIpc) is 2.20. The van der Waals surface area contributed by atoms with Gasteiger partial charge in [-0.2, -0.15) is 40.0 Å². The summed E-state index contributed by atoms with van der Waals surface area (Å²) in [5.74, 6) is 0. The number of halogens is 9. The van der Waals surface area contributed by atoms with E-state index in [-0.39, 0.29) is 6.42 Å². The summed E-state index contributed by atoms with van der Waals surface area (Å²) in [5, 5.41) is 0. The summed E-state index contributed by atoms with van der Waals surface area (Å²) in [7, 11) is 0. The van der Waals surface area contributed by atoms with Crippen LogP contribution in [0.3, 0.4) is 0 Å². The molecule has 116 valence electrons. The van der Waals surface area contributed by atoms with Gasteiger partial charge in [0, 0.05) is 0 Å². The first-order valence-electron chi connectivity index (χ1n) is 4.82. The fourth-order valence-corrected chi connectivity index (χ4v) is 0.867. The fraction of sp³-hybridized carbons (Fsp3) is 1.00. The molecule has 0 saturated carbocycles. The maximum Gasteiger partial charge on any atom is 0.440 e. The van der Waals surface area contributed by atoms with Gasteiger partial charge in [-0.15, -0.1) is 0 Å². The van der Waals surface area contributed by atoms with Gasteiger partial charge >= 0.3 is 24.1 Å². The van der Waals surface area contributed by atoms with Gasteiger partial charge in [-0.1, -0.05) is 13.3 Å². The summed E-state index contributed by atoms with van der Waals surface area (Å²) in [6, 6.07) is 0. The third-order valence-corrected chi connectivity index (χ3v) is 1.93. The molecule has 0 aliphatic carbocycles. The third kappa shape index (κ3) is 3.65. The number of rotatable bonds is 6. The summed E-state index contributed by atoms with van der Waals surface area (Å²) in [6.07, 6.45) is -19.8. The number of alkyl halides is 9. The minimum atomic E-state index is -6.93. The van der Waals surface area contributed by atoms with Gasteiger partial charge in [0.2, 0.25) is 0 Å². The van der Waals surface area contributed by atoms with Crippen molar-refractivity contribution in [1.29, 1.82) is 0 Å². The smallest absolute Gasteiger partial charge is 0.231 e. The summed E-state index contributed by atoms with van der Waals surface area (Å²) in [5.41, 5.74) is -6.86. The Balaban J connectivity index is 5.16. The van der Waals surface area contributed by atoms with Crippen molar-refractivity contribution in [1.82, 2.24) is 0 Å². The Morgan fingerprint density at radius 2 is 1.21 bits per heavy atom. The predicted molar refractivity (Wildman–Crippen MR) is 42.8 cm³/mol. The van der Waals surface area contributed by atoms with Crippen molar-refractivity contribution in [2.75, 3.05) is 6.61 Å². The summed E-state index contributed by atoms with van der Waals surface area (Å²) >= 11 is 0. The van der Waals surface area contributed by atoms with Crippen molar-refractivity contribution < 1.29 is 49.3 Å². The van der Waals surface area contributed by atoms with Crippen LogP contribution in [0.5, 0.6) is 0 Å². The first-order valence-corrected chi connectivity index (χ1v) is 4.82. The quantitative estimate of drug-likeness (QED) is 0.317. The standard InChI is InChI=1S/C8H9F9O2/c1-2-3-4-18-19-8(16,17)5(9,6(10,11)12)7(13,14)15/h2-4H2,1H3. The largest absolute Gasteiger partial charge is 0.440 e. The van der Waals surface area contributed by atoms with Crippen molar-refractivity contribution in [3.05, 3.63) is 0 Å². The van der Waals surface area contributed by atoms with E-state index in [2.05, 4.69) is 9.78 Å². The third-order valence-electron chi connectivity index (χ3n) is 1.93. The van der Waals surface area contributed by atoms with Gasteiger partial charge in [-0.3, -0.25) is 0 Å². The van der Waals surface area contributed by atoms with Crippen LogP contribution < -0.4 is 0 Å². The zero-order chi connectivity index (χ0) is 15.5. The highest BCUT2D eigenvalue weighted by Gasteiger charge is 2.86. The van der Waals surface area contributed by atoms with E-state index in [4.69, 9.17) is 0 Å². The lowest BCUT2D eigenvalue weighted by Crippen LogP contribution is -2.65. The molecule has 0 aromatic heterocycles. The first-order chi connectivity index (χ1) is 8.31. The predicted octanol–water partition coefficient (Wildman–Crippen LogP) is 4.16. The van der Waals surface area contributed by atoms with Crippen molar-refractivity contribution in [2.24, 2.45) is 0 Å². The second-order valence-corrected chi connectivity index (χ2v) is 3.43. The Kier molecular flexibility index (Phi) is 5.52. The summed E-state index contributed by atoms with van der Waals surface area (Å²) in [6.45, 7) is 0.824. The molecule has 0 spiro atoms. The van der Waals surface area contributed by atoms with Gasteiger partial charge in [0.25, 0.3) is 0 Å². The van der Waals surface area contributed by atoms with Crippen LogP contribution in [0.15, 0.2) is 0 Å². The van der Waals surface area contributed by atoms with Crippen LogP contribution in [0.25, 0.3) is 0 Å². The molecule has 0 amide bonds. The molecule has 0 aromatic rings. The van der Waals surface area contributed by atoms with E-state index in [1.807, 2.05) is 0 Å². The van der Waals surface area contributed by atoms with E-state index in [9.17, 15) is 39.5 Å². The second kappa shape index (κ2) is 5.73. The average molecular weight is 308 g/mol. The van der Waals surface area contributed by atoms with Gasteiger partial charge in [-0.05, 0) is 6.42 Å². The Labute approximate surface area is 101 Å². The van der Waals surface area contributed by atoms with Crippen LogP contribution in [0.2, 0.25) is 0 Å². The first kappa shape index (κ1) is 18.3. The molecule has 0 aliphatic rings. The van der Waals surface area contributed by atoms with Gasteiger partial charge in [0.05, 0.1) is 6.61 Å². The molecule has 0 fully saturated rings. The molecule has 0 radical (unpaired) electrons. The fourth-order valence-electron chi connectivity index (χ4n) is 0.867. The van der Waals surface area contributed by atoms with E-state index < -0.39 is 30.7 Å². The van der Waals surface area contributed by atoms with E-state index in [0.29, 0.717) is 6.42 Å². The second-order valence-electron chi connectivity index (χ2n) is 3.43. The molecule has 0 bridgehead atoms. The molecule has 19 heavy (non-hydrogen) atoms. The highest BCUT2D eigenvalue weighted by Crippen LogP contribution is 2.54. The lowest BCUT2D eigenvalue weighted by atomic mass is 10.0. The molecule has 0 N–H and O–H groups in total. The Morgan fingerprint density at radius 3 is 1.53 bits per heavy atom. The van der Waals surface area contributed by atoms with Crippen LogP contribution in [-0.2, 0) is 9.78 Å². The van der Waals surface area contributed by atoms with E-state index in [1.54, 1.807) is 0 Å². The van der Waals surface area contributed by atoms with Gasteiger partial charge in [0.1, 0.15) is 0 Å². The van der Waals surface area contributed by atoms with Crippen LogP contribution >= 0.6 is 0 Å². The number of unbranched alkanes of at least 4 members (excludes halogenated alkanes) is 1. The summed E-state index contributed by atoms with van der Waals surface area (Å²) in [4.78, 5) is 6.19. The molecule has 0 aliphatic heterocycles. The Bertz CT molecular complexity index is 269. The zero-order valence-corrected chi connectivity index (χ0v) is 9.34. The van der Waals surface area contributed by atoms with Crippen LogP contribution in [-0.4, -0.2) is 30.7 Å². The van der Waals surface area contributed by atoms with Crippen LogP contribution in [0.1, 0.15) is 19.8 Å². The van der Waals surface area contributed by atoms with Crippen LogP contribution in [0.4, 0.5) is 39.5 Å². The normalized spacial score (nSPS) is 14.8. The van der Waals surface area contributed by atoms with Crippen molar-refractivity contribution in [2.45, 2.75) is 43.9 Å². The van der Waals surface area contributed by atoms with E-state index in [1.165, 1.54) is 6.92 Å². The molecule has 0 unspecified atom stereocenters. The van der Waals surface area contributed by atoms with Crippen LogP contribution in [0, 0.1) is 0 Å². The lowest BCUT2D eigenvalue weighted by Gasteiger charge is -2.34. The summed E-state index contributed by atoms with van der Waals surface area (Å²) < 4.78 is 110. The molecular weight excluding hydrogens is 299 g/mol. The maximum atomic E-state index is 12.9. The van der Waals surface area contributed by atoms with E-state index >= 15 is 0 Å². The number of hydrogen-bond acceptors (Lipinski definition) is 2. The monoisotopic (exact) mass is 308 g/mol. The maximum absolute atomic E-state index is 12.9. The minimum Gasteiger partial charge on any atom is -0.231 e. The van der Waals surface area contributed by atoms with Gasteiger partial charge < -0.3 is 0 Å². The number of hydrogen-bond donors (Lipinski definition) is 0. The molecular formula is C8H9F9O2. The highest BCUT2D eigenvalue weighted by atomic mass is 19.4. The molecule has 2 nitrogen and oxygen atoms in total. The van der Waals surface area contributed by atoms with Gasteiger partial charge in [0.15, 0.2) is 0 Å². The molecule has 0 saturated heterocycles. The van der Waals surface area contributed by atoms with E-state index in [0.717, 1.165) is 0 Å². The highest BCUT2D eigenvalue weighted by molar-refractivity contribution is 5.01. The Hall–Kier alpha value is -0.710. The zero-order valence-electron chi connectivity index (χ0n) is 9.34. The molecule has 0 aromatic carbocycles. The lowest BCUT2D eigenvalue weighted by molar-refractivity contribution is -0.523. The molecule has 0 heterocycles. The molecule has 0 atom stereocenters. The van der Waals surface area contributed by atoms with Crippen molar-refractivity contribution in [3.63, 3.8) is 0 Å². The minimum absolute atomic E-state index is 0.0212. The SMILES string of the molecule is CCCCOOC(F)(F)C(F)(C(F)(F)F)C(F)(F)F. The molecule has 0 rings (SSSR count). The van der Waals surface area contributed by atoms with Crippen molar-refractivity contribution in [3.8, 4) is 0 Å². The van der Waals surface area contributed by atoms with Gasteiger partial charge in [-0.25, -0.2) is 9.28 Å².